The first-order chi connectivity index (χ1) is 14.0. The average molecular weight is 412 g/mol. The molecule has 0 saturated heterocycles. The molecule has 0 aliphatic rings. The zero-order chi connectivity index (χ0) is 20.7. The van der Waals surface area contributed by atoms with E-state index in [2.05, 4.69) is 39.0 Å². The molecular weight excluding hydrogens is 386 g/mol. The zero-order valence-corrected chi connectivity index (χ0v) is 17.2. The van der Waals surface area contributed by atoms with Crippen LogP contribution in [0.2, 0.25) is 0 Å². The van der Waals surface area contributed by atoms with E-state index in [0.29, 0.717) is 13.1 Å². The fraction of sp³-hybridized carbons (Fsp3) is 0.227. The molecule has 0 unspecified atom stereocenters. The lowest BCUT2D eigenvalue weighted by Crippen LogP contribution is -2.23. The Bertz CT molecular complexity index is 1100. The fourth-order valence-corrected chi connectivity index (χ4v) is 4.10. The van der Waals surface area contributed by atoms with Crippen molar-refractivity contribution in [1.29, 1.82) is 0 Å². The van der Waals surface area contributed by atoms with Gasteiger partial charge in [0.05, 0.1) is 4.90 Å². The second-order valence-corrected chi connectivity index (χ2v) is 8.38. The summed E-state index contributed by atoms with van der Waals surface area (Å²) >= 11 is 0. The van der Waals surface area contributed by atoms with Crippen molar-refractivity contribution in [2.45, 2.75) is 24.8 Å². The molecule has 2 aromatic carbocycles. The molecule has 0 atom stereocenters. The number of benzene rings is 2. The van der Waals surface area contributed by atoms with Gasteiger partial charge >= 0.3 is 0 Å². The van der Waals surface area contributed by atoms with Crippen LogP contribution in [0, 0.1) is 0 Å². The van der Waals surface area contributed by atoms with Crippen LogP contribution in [-0.2, 0) is 21.4 Å². The number of nitrogens with one attached hydrogen (secondary N) is 2. The first kappa shape index (κ1) is 20.8. The van der Waals surface area contributed by atoms with Crippen molar-refractivity contribution in [2.75, 3.05) is 13.1 Å². The summed E-state index contributed by atoms with van der Waals surface area (Å²) in [4.78, 5) is 12.2. The second-order valence-electron chi connectivity index (χ2n) is 6.62. The van der Waals surface area contributed by atoms with Crippen molar-refractivity contribution in [3.05, 3.63) is 72.4 Å². The van der Waals surface area contributed by atoms with Gasteiger partial charge in [-0.3, -0.25) is 4.79 Å². The SMILES string of the molecule is CCNS(=O)(=O)c1ccc(/C=C/C(=O)NCCCn2ccc3ccccc32)cc1. The number of sulfonamides is 1. The molecule has 1 aromatic heterocycles. The molecule has 7 heteroatoms. The Hall–Kier alpha value is -2.90. The van der Waals surface area contributed by atoms with E-state index in [-0.39, 0.29) is 10.8 Å². The Morgan fingerprint density at radius 3 is 2.59 bits per heavy atom. The van der Waals surface area contributed by atoms with Crippen LogP contribution in [0.5, 0.6) is 0 Å². The van der Waals surface area contributed by atoms with Crippen molar-refractivity contribution in [3.63, 3.8) is 0 Å². The molecule has 0 aliphatic carbocycles. The summed E-state index contributed by atoms with van der Waals surface area (Å²) in [7, 11) is -3.46. The molecule has 0 fully saturated rings. The van der Waals surface area contributed by atoms with E-state index in [1.807, 2.05) is 12.1 Å². The van der Waals surface area contributed by atoms with E-state index >= 15 is 0 Å². The summed E-state index contributed by atoms with van der Waals surface area (Å²) in [5.74, 6) is -0.174. The molecule has 6 nitrogen and oxygen atoms in total. The van der Waals surface area contributed by atoms with Gasteiger partial charge in [0.25, 0.3) is 0 Å². The topological polar surface area (TPSA) is 80.2 Å². The highest BCUT2D eigenvalue weighted by Crippen LogP contribution is 2.15. The minimum absolute atomic E-state index is 0.174. The van der Waals surface area contributed by atoms with Gasteiger partial charge in [-0.1, -0.05) is 37.3 Å². The zero-order valence-electron chi connectivity index (χ0n) is 16.3. The van der Waals surface area contributed by atoms with Crippen LogP contribution in [-0.4, -0.2) is 32.0 Å². The number of para-hydroxylation sites is 1. The normalized spacial score (nSPS) is 11.9. The molecule has 0 spiro atoms. The Kier molecular flexibility index (Phi) is 6.85. The van der Waals surface area contributed by atoms with Crippen LogP contribution >= 0.6 is 0 Å². The molecule has 152 valence electrons. The van der Waals surface area contributed by atoms with Gasteiger partial charge in [-0.25, -0.2) is 13.1 Å². The van der Waals surface area contributed by atoms with Gasteiger partial charge in [-0.05, 0) is 47.7 Å². The monoisotopic (exact) mass is 411 g/mol. The maximum atomic E-state index is 12.0. The molecule has 2 N–H and O–H groups in total. The fourth-order valence-electron chi connectivity index (χ4n) is 3.06. The molecule has 1 amide bonds. The van der Waals surface area contributed by atoms with Crippen molar-refractivity contribution >= 4 is 32.9 Å². The van der Waals surface area contributed by atoms with Crippen molar-refractivity contribution in [3.8, 4) is 0 Å². The minimum Gasteiger partial charge on any atom is -0.352 e. The number of aromatic nitrogens is 1. The van der Waals surface area contributed by atoms with E-state index < -0.39 is 10.0 Å². The predicted molar refractivity (Wildman–Crippen MR) is 116 cm³/mol. The van der Waals surface area contributed by atoms with Gasteiger partial charge in [0.15, 0.2) is 0 Å². The summed E-state index contributed by atoms with van der Waals surface area (Å²) in [5, 5.41) is 4.08. The second kappa shape index (κ2) is 9.54. The molecule has 0 bridgehead atoms. The first-order valence-corrected chi connectivity index (χ1v) is 11.1. The van der Waals surface area contributed by atoms with Crippen LogP contribution in [0.1, 0.15) is 18.9 Å². The summed E-state index contributed by atoms with van der Waals surface area (Å²) in [6.45, 7) is 3.48. The lowest BCUT2D eigenvalue weighted by atomic mass is 10.2. The van der Waals surface area contributed by atoms with E-state index in [9.17, 15) is 13.2 Å². The average Bonchev–Trinajstić information content (AvgIpc) is 3.13. The largest absolute Gasteiger partial charge is 0.352 e. The van der Waals surface area contributed by atoms with Crippen LogP contribution in [0.25, 0.3) is 17.0 Å². The van der Waals surface area contributed by atoms with Crippen LogP contribution in [0.15, 0.2) is 71.8 Å². The molecule has 0 radical (unpaired) electrons. The Labute approximate surface area is 171 Å². The van der Waals surface area contributed by atoms with Crippen molar-refractivity contribution < 1.29 is 13.2 Å². The number of carbonyl (C=O) groups is 1. The quantitative estimate of drug-likeness (QED) is 0.419. The van der Waals surface area contributed by atoms with Crippen molar-refractivity contribution in [2.24, 2.45) is 0 Å². The molecule has 3 rings (SSSR count). The van der Waals surface area contributed by atoms with Gasteiger partial charge in [-0.2, -0.15) is 0 Å². The van der Waals surface area contributed by atoms with Gasteiger partial charge in [0, 0.05) is 37.4 Å². The number of amides is 1. The van der Waals surface area contributed by atoms with E-state index in [1.165, 1.54) is 29.1 Å². The van der Waals surface area contributed by atoms with Crippen LogP contribution in [0.3, 0.4) is 0 Å². The third-order valence-corrected chi connectivity index (χ3v) is 6.07. The van der Waals surface area contributed by atoms with E-state index in [0.717, 1.165) is 18.5 Å². The van der Waals surface area contributed by atoms with Gasteiger partial charge in [0.1, 0.15) is 0 Å². The molecule has 3 aromatic rings. The van der Waals surface area contributed by atoms with Crippen molar-refractivity contribution in [1.82, 2.24) is 14.6 Å². The Morgan fingerprint density at radius 1 is 1.07 bits per heavy atom. The Balaban J connectivity index is 1.46. The van der Waals surface area contributed by atoms with E-state index in [1.54, 1.807) is 25.1 Å². The van der Waals surface area contributed by atoms with E-state index in [4.69, 9.17) is 0 Å². The number of carbonyl (C=O) groups excluding carboxylic acids is 1. The van der Waals surface area contributed by atoms with Crippen LogP contribution in [0.4, 0.5) is 0 Å². The summed E-state index contributed by atoms with van der Waals surface area (Å²) in [6.07, 6.45) is 6.01. The number of aryl methyl sites for hydroxylation is 1. The van der Waals surface area contributed by atoms with Crippen LogP contribution < -0.4 is 10.0 Å². The highest BCUT2D eigenvalue weighted by molar-refractivity contribution is 7.89. The molecule has 0 aliphatic heterocycles. The number of hydrogen-bond donors (Lipinski definition) is 2. The maximum absolute atomic E-state index is 12.0. The van der Waals surface area contributed by atoms with Gasteiger partial charge in [-0.15, -0.1) is 0 Å². The maximum Gasteiger partial charge on any atom is 0.244 e. The van der Waals surface area contributed by atoms with Gasteiger partial charge < -0.3 is 9.88 Å². The van der Waals surface area contributed by atoms with Gasteiger partial charge in [0.2, 0.25) is 15.9 Å². The number of hydrogen-bond acceptors (Lipinski definition) is 3. The summed E-state index contributed by atoms with van der Waals surface area (Å²) < 4.78 is 28.5. The lowest BCUT2D eigenvalue weighted by molar-refractivity contribution is -0.116. The molecule has 1 heterocycles. The standard InChI is InChI=1S/C22H25N3O3S/c1-2-24-29(27,28)20-11-8-18(9-12-20)10-13-22(26)23-15-5-16-25-17-14-19-6-3-4-7-21(19)25/h3-4,6-14,17,24H,2,5,15-16H2,1H3,(H,23,26)/b13-10+. The molecule has 0 saturated carbocycles. The highest BCUT2D eigenvalue weighted by atomic mass is 32.2. The highest BCUT2D eigenvalue weighted by Gasteiger charge is 2.11. The smallest absolute Gasteiger partial charge is 0.244 e. The molecule has 29 heavy (non-hydrogen) atoms. The third kappa shape index (κ3) is 5.56. The molecular formula is C22H25N3O3S. The lowest BCUT2D eigenvalue weighted by Gasteiger charge is -2.06. The summed E-state index contributed by atoms with van der Waals surface area (Å²) in [5.41, 5.74) is 1.95. The minimum atomic E-state index is -3.46. The number of fused-ring (bicyclic) bond motifs is 1. The first-order valence-electron chi connectivity index (χ1n) is 9.59. The number of rotatable bonds is 9. The summed E-state index contributed by atoms with van der Waals surface area (Å²) in [6, 6.07) is 16.7. The predicted octanol–water partition coefficient (Wildman–Crippen LogP) is 3.16. The number of nitrogens with zero attached hydrogens (tertiary/aromatic N) is 1. The Morgan fingerprint density at radius 2 is 1.83 bits per heavy atom. The third-order valence-electron chi connectivity index (χ3n) is 4.51.